The van der Waals surface area contributed by atoms with Crippen molar-refractivity contribution >= 4 is 29.1 Å². The van der Waals surface area contributed by atoms with E-state index in [2.05, 4.69) is 15.6 Å². The van der Waals surface area contributed by atoms with Gasteiger partial charge in [-0.25, -0.2) is 0 Å². The second kappa shape index (κ2) is 11.4. The summed E-state index contributed by atoms with van der Waals surface area (Å²) in [6.07, 6.45) is 4.28. The number of hydrogen-bond acceptors (Lipinski definition) is 6. The van der Waals surface area contributed by atoms with Crippen LogP contribution < -0.4 is 20.1 Å². The van der Waals surface area contributed by atoms with E-state index in [9.17, 15) is 14.4 Å². The Kier molecular flexibility index (Phi) is 7.79. The molecule has 2 heterocycles. The van der Waals surface area contributed by atoms with Gasteiger partial charge in [0.05, 0.1) is 14.2 Å². The number of rotatable bonds is 7. The Morgan fingerprint density at radius 1 is 0.833 bits per heavy atom. The average Bonchev–Trinajstić information content (AvgIpc) is 2.93. The number of nitrogens with one attached hydrogen (secondary N) is 2. The first kappa shape index (κ1) is 24.7. The van der Waals surface area contributed by atoms with Crippen molar-refractivity contribution in [2.75, 3.05) is 37.9 Å². The van der Waals surface area contributed by atoms with Crippen LogP contribution in [0.1, 0.15) is 33.6 Å². The van der Waals surface area contributed by atoms with Gasteiger partial charge in [-0.2, -0.15) is 0 Å². The zero-order valence-electron chi connectivity index (χ0n) is 20.2. The van der Waals surface area contributed by atoms with Gasteiger partial charge in [-0.05, 0) is 55.3 Å². The number of nitrogens with zero attached hydrogens (tertiary/aromatic N) is 2. The van der Waals surface area contributed by atoms with Crippen molar-refractivity contribution in [2.24, 2.45) is 5.92 Å². The van der Waals surface area contributed by atoms with Crippen LogP contribution in [0.3, 0.4) is 0 Å². The highest BCUT2D eigenvalue weighted by Crippen LogP contribution is 2.26. The largest absolute Gasteiger partial charge is 0.497 e. The third-order valence-electron chi connectivity index (χ3n) is 6.08. The van der Waals surface area contributed by atoms with Gasteiger partial charge >= 0.3 is 0 Å². The minimum Gasteiger partial charge on any atom is -0.497 e. The first-order chi connectivity index (χ1) is 17.5. The molecule has 9 nitrogen and oxygen atoms in total. The van der Waals surface area contributed by atoms with Gasteiger partial charge in [-0.15, -0.1) is 0 Å². The number of carbonyl (C=O) groups is 3. The Bertz CT molecular complexity index is 1220. The lowest BCUT2D eigenvalue weighted by molar-refractivity contribution is -0.121. The van der Waals surface area contributed by atoms with Crippen molar-refractivity contribution < 1.29 is 23.9 Å². The molecule has 0 radical (unpaired) electrons. The molecule has 0 aliphatic carbocycles. The van der Waals surface area contributed by atoms with E-state index in [4.69, 9.17) is 9.47 Å². The van der Waals surface area contributed by atoms with Gasteiger partial charge in [0.2, 0.25) is 5.91 Å². The molecule has 1 saturated heterocycles. The predicted octanol–water partition coefficient (Wildman–Crippen LogP) is 3.84. The number of piperidine rings is 1. The van der Waals surface area contributed by atoms with Crippen molar-refractivity contribution in [3.8, 4) is 11.5 Å². The number of methoxy groups -OCH3 is 2. The molecule has 36 heavy (non-hydrogen) atoms. The number of aromatic nitrogens is 1. The number of pyridine rings is 1. The average molecular weight is 489 g/mol. The molecule has 2 N–H and O–H groups in total. The Morgan fingerprint density at radius 3 is 2.14 bits per heavy atom. The lowest BCUT2D eigenvalue weighted by atomic mass is 9.95. The summed E-state index contributed by atoms with van der Waals surface area (Å²) in [6.45, 7) is 0.926. The molecule has 4 rings (SSSR count). The quantitative estimate of drug-likeness (QED) is 0.523. The molecule has 9 heteroatoms. The summed E-state index contributed by atoms with van der Waals surface area (Å²) in [5, 5.41) is 5.71. The number of anilines is 2. The predicted molar refractivity (Wildman–Crippen MR) is 135 cm³/mol. The van der Waals surface area contributed by atoms with E-state index in [1.54, 1.807) is 71.9 Å². The van der Waals surface area contributed by atoms with E-state index in [1.165, 1.54) is 14.2 Å². The summed E-state index contributed by atoms with van der Waals surface area (Å²) < 4.78 is 10.5. The summed E-state index contributed by atoms with van der Waals surface area (Å²) in [6, 6.07) is 15.3. The molecule has 2 aromatic carbocycles. The summed E-state index contributed by atoms with van der Waals surface area (Å²) >= 11 is 0. The Hall–Kier alpha value is -4.40. The van der Waals surface area contributed by atoms with Crippen LogP contribution in [-0.2, 0) is 4.79 Å². The highest BCUT2D eigenvalue weighted by molar-refractivity contribution is 6.05. The van der Waals surface area contributed by atoms with E-state index in [0.29, 0.717) is 59.9 Å². The molecule has 3 amide bonds. The monoisotopic (exact) mass is 488 g/mol. The van der Waals surface area contributed by atoms with Crippen LogP contribution in [0.2, 0.25) is 0 Å². The van der Waals surface area contributed by atoms with Crippen LogP contribution in [0.5, 0.6) is 11.5 Å². The van der Waals surface area contributed by atoms with Crippen LogP contribution in [0.25, 0.3) is 0 Å². The van der Waals surface area contributed by atoms with Gasteiger partial charge in [0.15, 0.2) is 0 Å². The third kappa shape index (κ3) is 5.99. The molecular weight excluding hydrogens is 460 g/mol. The fourth-order valence-corrected chi connectivity index (χ4v) is 4.08. The van der Waals surface area contributed by atoms with Gasteiger partial charge in [0.25, 0.3) is 11.8 Å². The van der Waals surface area contributed by atoms with Crippen molar-refractivity contribution in [1.29, 1.82) is 0 Å². The van der Waals surface area contributed by atoms with E-state index in [0.717, 1.165) is 0 Å². The van der Waals surface area contributed by atoms with Crippen LogP contribution >= 0.6 is 0 Å². The summed E-state index contributed by atoms with van der Waals surface area (Å²) in [4.78, 5) is 44.1. The lowest BCUT2D eigenvalue weighted by Gasteiger charge is -2.31. The van der Waals surface area contributed by atoms with Crippen molar-refractivity contribution in [2.45, 2.75) is 12.8 Å². The van der Waals surface area contributed by atoms with Gasteiger partial charge in [-0.1, -0.05) is 6.07 Å². The molecule has 1 fully saturated rings. The lowest BCUT2D eigenvalue weighted by Crippen LogP contribution is -2.41. The second-order valence-corrected chi connectivity index (χ2v) is 8.43. The van der Waals surface area contributed by atoms with Crippen LogP contribution in [0.15, 0.2) is 67.0 Å². The molecule has 0 unspecified atom stereocenters. The summed E-state index contributed by atoms with van der Waals surface area (Å²) in [5.74, 6) is 0.324. The van der Waals surface area contributed by atoms with Gasteiger partial charge in [0.1, 0.15) is 11.5 Å². The second-order valence-electron chi connectivity index (χ2n) is 8.43. The van der Waals surface area contributed by atoms with Gasteiger partial charge < -0.3 is 25.0 Å². The number of amides is 3. The van der Waals surface area contributed by atoms with E-state index in [-0.39, 0.29) is 23.6 Å². The molecule has 0 saturated carbocycles. The highest BCUT2D eigenvalue weighted by Gasteiger charge is 2.28. The molecular formula is C27H28N4O5. The molecule has 186 valence electrons. The number of likely N-dealkylation sites (tertiary alicyclic amines) is 1. The fourth-order valence-electron chi connectivity index (χ4n) is 4.08. The summed E-state index contributed by atoms with van der Waals surface area (Å²) in [7, 11) is 3.08. The minimum atomic E-state index is -0.279. The Balaban J connectivity index is 1.33. The van der Waals surface area contributed by atoms with Gasteiger partial charge in [0, 0.05) is 60.0 Å². The smallest absolute Gasteiger partial charge is 0.255 e. The van der Waals surface area contributed by atoms with Crippen molar-refractivity contribution in [3.05, 3.63) is 78.1 Å². The van der Waals surface area contributed by atoms with E-state index in [1.807, 2.05) is 0 Å². The standard InChI is InChI=1S/C27H28N4O5/c1-35-23-15-20(16-24(17-23)36-2)27(34)31-12-8-18(9-13-31)25(32)30-22-5-3-4-19(14-22)26(33)29-21-6-10-28-11-7-21/h3-7,10-11,14-18H,8-9,12-13H2,1-2H3,(H,30,32)(H,28,29,33). The Labute approximate surface area is 209 Å². The minimum absolute atomic E-state index is 0.126. The molecule has 1 aliphatic heterocycles. The van der Waals surface area contributed by atoms with Crippen molar-refractivity contribution in [3.63, 3.8) is 0 Å². The first-order valence-corrected chi connectivity index (χ1v) is 11.6. The SMILES string of the molecule is COc1cc(OC)cc(C(=O)N2CCC(C(=O)Nc3cccc(C(=O)Nc4ccncc4)c3)CC2)c1. The fraction of sp³-hybridized carbons (Fsp3) is 0.259. The Morgan fingerprint density at radius 2 is 1.50 bits per heavy atom. The van der Waals surface area contributed by atoms with Crippen LogP contribution in [0.4, 0.5) is 11.4 Å². The van der Waals surface area contributed by atoms with E-state index >= 15 is 0 Å². The van der Waals surface area contributed by atoms with Crippen molar-refractivity contribution in [1.82, 2.24) is 9.88 Å². The zero-order chi connectivity index (χ0) is 25.5. The van der Waals surface area contributed by atoms with Crippen LogP contribution in [-0.4, -0.2) is 54.9 Å². The molecule has 0 spiro atoms. The normalized spacial score (nSPS) is 13.6. The van der Waals surface area contributed by atoms with Gasteiger partial charge in [-0.3, -0.25) is 19.4 Å². The number of ether oxygens (including phenoxy) is 2. The maximum atomic E-state index is 13.0. The molecule has 0 bridgehead atoms. The zero-order valence-corrected chi connectivity index (χ0v) is 20.2. The number of benzene rings is 2. The molecule has 1 aliphatic rings. The third-order valence-corrected chi connectivity index (χ3v) is 6.08. The molecule has 1 aromatic heterocycles. The van der Waals surface area contributed by atoms with Crippen LogP contribution in [0, 0.1) is 5.92 Å². The first-order valence-electron chi connectivity index (χ1n) is 11.6. The number of carbonyl (C=O) groups excluding carboxylic acids is 3. The number of hydrogen-bond donors (Lipinski definition) is 2. The maximum Gasteiger partial charge on any atom is 0.255 e. The topological polar surface area (TPSA) is 110 Å². The van der Waals surface area contributed by atoms with E-state index < -0.39 is 0 Å². The maximum absolute atomic E-state index is 13.0. The highest BCUT2D eigenvalue weighted by atomic mass is 16.5. The summed E-state index contributed by atoms with van der Waals surface area (Å²) in [5.41, 5.74) is 2.09. The molecule has 0 atom stereocenters. The molecule has 3 aromatic rings.